The molecule has 0 spiro atoms. The average molecular weight is 440 g/mol. The number of fused-ring (bicyclic) bond motifs is 2. The van der Waals surface area contributed by atoms with Crippen LogP contribution in [0.5, 0.6) is 5.75 Å². The van der Waals surface area contributed by atoms with Crippen molar-refractivity contribution < 1.29 is 18.7 Å². The molecule has 0 fully saturated rings. The van der Waals surface area contributed by atoms with E-state index in [9.17, 15) is 4.79 Å². The predicted molar refractivity (Wildman–Crippen MR) is 126 cm³/mol. The minimum atomic E-state index is -0.385. The molecule has 2 aromatic carbocycles. The van der Waals surface area contributed by atoms with Crippen LogP contribution in [-0.2, 0) is 17.8 Å². The molecule has 33 heavy (non-hydrogen) atoms. The number of methoxy groups -OCH3 is 1. The van der Waals surface area contributed by atoms with Crippen LogP contribution in [0.1, 0.15) is 50.9 Å². The van der Waals surface area contributed by atoms with Crippen molar-refractivity contribution in [1.82, 2.24) is 9.97 Å². The zero-order valence-electron chi connectivity index (χ0n) is 18.8. The van der Waals surface area contributed by atoms with Gasteiger partial charge in [0.15, 0.2) is 6.61 Å². The summed E-state index contributed by atoms with van der Waals surface area (Å²) >= 11 is 0. The van der Waals surface area contributed by atoms with Crippen LogP contribution in [0, 0.1) is 13.8 Å². The summed E-state index contributed by atoms with van der Waals surface area (Å²) in [5, 5.41) is 0.798. The second kappa shape index (κ2) is 8.54. The van der Waals surface area contributed by atoms with Gasteiger partial charge in [-0.15, -0.1) is 0 Å². The first-order valence-electron chi connectivity index (χ1n) is 10.9. The number of carbonyl (C=O) groups is 1. The molecule has 0 bridgehead atoms. The molecule has 2 aromatic heterocycles. The van der Waals surface area contributed by atoms with E-state index in [-0.39, 0.29) is 12.6 Å². The summed E-state index contributed by atoms with van der Waals surface area (Å²) in [5.74, 6) is 1.55. The normalized spacial score (nSPS) is 14.0. The van der Waals surface area contributed by atoms with Crippen LogP contribution in [0.15, 0.2) is 52.9 Å². The highest BCUT2D eigenvalue weighted by Crippen LogP contribution is 2.38. The fraction of sp³-hybridized carbons (Fsp3) is 0.222. The number of allylic oxidation sites excluding steroid dienone is 1. The molecule has 0 N–H and O–H groups in total. The maximum Gasteiger partial charge on any atom is 0.339 e. The summed E-state index contributed by atoms with van der Waals surface area (Å²) in [6.45, 7) is 3.70. The Hall–Kier alpha value is -3.93. The number of carbonyl (C=O) groups excluding carboxylic acids is 1. The van der Waals surface area contributed by atoms with Gasteiger partial charge in [-0.3, -0.25) is 0 Å². The minimum absolute atomic E-state index is 0.00647. The Bertz CT molecular complexity index is 1360. The summed E-state index contributed by atoms with van der Waals surface area (Å²) in [6, 6.07) is 15.6. The van der Waals surface area contributed by atoms with Crippen molar-refractivity contribution in [2.24, 2.45) is 0 Å². The Labute approximate surface area is 191 Å². The molecule has 0 saturated carbocycles. The van der Waals surface area contributed by atoms with Gasteiger partial charge in [-0.2, -0.15) is 0 Å². The summed E-state index contributed by atoms with van der Waals surface area (Å²) in [6.07, 6.45) is 3.67. The number of para-hydroxylation sites is 1. The van der Waals surface area contributed by atoms with Crippen molar-refractivity contribution in [3.8, 4) is 5.75 Å². The number of rotatable bonds is 5. The smallest absolute Gasteiger partial charge is 0.339 e. The van der Waals surface area contributed by atoms with Gasteiger partial charge in [0.2, 0.25) is 5.89 Å². The van der Waals surface area contributed by atoms with Gasteiger partial charge in [0, 0.05) is 5.39 Å². The second-order valence-electron chi connectivity index (χ2n) is 8.10. The molecule has 166 valence electrons. The van der Waals surface area contributed by atoms with E-state index in [2.05, 4.69) is 11.1 Å². The first-order valence-corrected chi connectivity index (χ1v) is 10.9. The Balaban J connectivity index is 1.52. The molecule has 0 unspecified atom stereocenters. The number of hydrogen-bond acceptors (Lipinski definition) is 6. The fourth-order valence-electron chi connectivity index (χ4n) is 4.21. The van der Waals surface area contributed by atoms with Crippen LogP contribution in [0.3, 0.4) is 0 Å². The maximum atomic E-state index is 13.3. The number of aryl methyl sites for hydroxylation is 2. The fourth-order valence-corrected chi connectivity index (χ4v) is 4.21. The Kier molecular flexibility index (Phi) is 5.42. The molecular formula is C27H24N2O4. The molecule has 1 aliphatic carbocycles. The SMILES string of the molecule is COc1ccc(/C=C2/CCc3c2nc2ccccc2c3C(=O)OCc2nc(C)c(C)o2)cc1. The average Bonchev–Trinajstić information content (AvgIpc) is 3.38. The monoisotopic (exact) mass is 440 g/mol. The zero-order chi connectivity index (χ0) is 22.9. The minimum Gasteiger partial charge on any atom is -0.497 e. The third-order valence-corrected chi connectivity index (χ3v) is 6.00. The highest BCUT2D eigenvalue weighted by Gasteiger charge is 2.28. The standard InChI is InChI=1S/C27H24N2O4/c1-16-17(2)33-24(28-16)15-32-27(30)25-21-6-4-5-7-23(21)29-26-19(10-13-22(25)26)14-18-8-11-20(31-3)12-9-18/h4-9,11-12,14H,10,13,15H2,1-3H3/b19-14-. The lowest BCUT2D eigenvalue weighted by Gasteiger charge is -2.12. The van der Waals surface area contributed by atoms with Crippen molar-refractivity contribution in [2.45, 2.75) is 33.3 Å². The highest BCUT2D eigenvalue weighted by molar-refractivity contribution is 6.07. The van der Waals surface area contributed by atoms with Crippen LogP contribution in [-0.4, -0.2) is 23.0 Å². The first kappa shape index (κ1) is 20.9. The summed E-state index contributed by atoms with van der Waals surface area (Å²) in [5.41, 5.74) is 6.10. The predicted octanol–water partition coefficient (Wildman–Crippen LogP) is 5.69. The number of ether oxygens (including phenoxy) is 2. The molecular weight excluding hydrogens is 416 g/mol. The van der Waals surface area contributed by atoms with E-state index in [4.69, 9.17) is 18.9 Å². The van der Waals surface area contributed by atoms with Crippen molar-refractivity contribution in [1.29, 1.82) is 0 Å². The second-order valence-corrected chi connectivity index (χ2v) is 8.10. The van der Waals surface area contributed by atoms with E-state index in [1.54, 1.807) is 7.11 Å². The number of pyridine rings is 1. The molecule has 0 radical (unpaired) electrons. The van der Waals surface area contributed by atoms with Gasteiger partial charge in [0.05, 0.1) is 29.6 Å². The number of aromatic nitrogens is 2. The highest BCUT2D eigenvalue weighted by atomic mass is 16.5. The third kappa shape index (κ3) is 4.00. The molecule has 0 aliphatic heterocycles. The van der Waals surface area contributed by atoms with Gasteiger partial charge >= 0.3 is 5.97 Å². The Morgan fingerprint density at radius 3 is 2.58 bits per heavy atom. The van der Waals surface area contributed by atoms with Gasteiger partial charge in [-0.25, -0.2) is 14.8 Å². The molecule has 4 aromatic rings. The van der Waals surface area contributed by atoms with E-state index >= 15 is 0 Å². The number of hydrogen-bond donors (Lipinski definition) is 0. The topological polar surface area (TPSA) is 74.5 Å². The van der Waals surface area contributed by atoms with Gasteiger partial charge in [0.1, 0.15) is 11.5 Å². The lowest BCUT2D eigenvalue weighted by atomic mass is 10.0. The summed E-state index contributed by atoms with van der Waals surface area (Å²) in [4.78, 5) is 22.5. The first-order chi connectivity index (χ1) is 16.0. The summed E-state index contributed by atoms with van der Waals surface area (Å²) in [7, 11) is 1.65. The van der Waals surface area contributed by atoms with Crippen molar-refractivity contribution in [3.63, 3.8) is 0 Å². The van der Waals surface area contributed by atoms with E-state index in [1.807, 2.05) is 62.4 Å². The van der Waals surface area contributed by atoms with Gasteiger partial charge in [0.25, 0.3) is 0 Å². The number of benzene rings is 2. The van der Waals surface area contributed by atoms with E-state index < -0.39 is 0 Å². The molecule has 0 atom stereocenters. The van der Waals surface area contributed by atoms with Crippen LogP contribution >= 0.6 is 0 Å². The Morgan fingerprint density at radius 1 is 1.06 bits per heavy atom. The summed E-state index contributed by atoms with van der Waals surface area (Å²) < 4.78 is 16.5. The molecule has 6 heteroatoms. The van der Waals surface area contributed by atoms with E-state index in [0.29, 0.717) is 11.5 Å². The van der Waals surface area contributed by atoms with Crippen molar-refractivity contribution >= 4 is 28.5 Å². The molecule has 0 saturated heterocycles. The number of esters is 1. The number of oxazole rings is 1. The van der Waals surface area contributed by atoms with Crippen LogP contribution in [0.4, 0.5) is 0 Å². The van der Waals surface area contributed by atoms with E-state index in [0.717, 1.165) is 63.3 Å². The van der Waals surface area contributed by atoms with Crippen molar-refractivity contribution in [2.75, 3.05) is 7.11 Å². The molecule has 0 amide bonds. The van der Waals surface area contributed by atoms with Gasteiger partial charge in [-0.1, -0.05) is 30.3 Å². The lowest BCUT2D eigenvalue weighted by molar-refractivity contribution is 0.0438. The Morgan fingerprint density at radius 2 is 1.85 bits per heavy atom. The third-order valence-electron chi connectivity index (χ3n) is 6.00. The quantitative estimate of drug-likeness (QED) is 0.371. The van der Waals surface area contributed by atoms with Crippen molar-refractivity contribution in [3.05, 3.63) is 88.3 Å². The molecule has 5 rings (SSSR count). The van der Waals surface area contributed by atoms with Crippen LogP contribution < -0.4 is 4.74 Å². The van der Waals surface area contributed by atoms with Gasteiger partial charge in [-0.05, 0) is 67.7 Å². The van der Waals surface area contributed by atoms with Crippen LogP contribution in [0.2, 0.25) is 0 Å². The molecule has 1 aliphatic rings. The molecule has 6 nitrogen and oxygen atoms in total. The van der Waals surface area contributed by atoms with Crippen LogP contribution in [0.25, 0.3) is 22.6 Å². The van der Waals surface area contributed by atoms with Gasteiger partial charge < -0.3 is 13.9 Å². The van der Waals surface area contributed by atoms with E-state index in [1.165, 1.54) is 0 Å². The lowest BCUT2D eigenvalue weighted by Crippen LogP contribution is -2.10. The zero-order valence-corrected chi connectivity index (χ0v) is 18.8. The number of nitrogens with zero attached hydrogens (tertiary/aromatic N) is 2. The largest absolute Gasteiger partial charge is 0.497 e. The maximum absolute atomic E-state index is 13.3. The molecule has 2 heterocycles.